The van der Waals surface area contributed by atoms with Crippen LogP contribution in [0.2, 0.25) is 0 Å². The Morgan fingerprint density at radius 2 is 0.815 bits per heavy atom. The van der Waals surface area contributed by atoms with Crippen molar-refractivity contribution in [1.82, 2.24) is 0 Å². The van der Waals surface area contributed by atoms with Crippen LogP contribution in [0.1, 0.15) is 149 Å². The van der Waals surface area contributed by atoms with E-state index >= 15 is 0 Å². The maximum Gasteiger partial charge on any atom is 0.472 e. The highest BCUT2D eigenvalue weighted by Crippen LogP contribution is 2.43. The largest absolute Gasteiger partial charge is 0.480 e. The van der Waals surface area contributed by atoms with Gasteiger partial charge in [0.2, 0.25) is 0 Å². The molecule has 0 rings (SSSR count). The molecule has 0 amide bonds. The molecule has 12 heteroatoms. The quantitative estimate of drug-likeness (QED) is 0.0230. The second kappa shape index (κ2) is 46.2. The third kappa shape index (κ3) is 46.0. The van der Waals surface area contributed by atoms with E-state index in [9.17, 15) is 23.8 Å². The normalized spacial score (nSPS) is 14.8. The number of hydrogen-bond acceptors (Lipinski definition) is 9. The standard InChI is InChI=1S/C53H82NO10P/c1-3-5-7-9-11-13-15-17-19-21-23-25-27-28-30-32-34-36-38-40-42-44-51(55)61-46-49(47-62-65(59,60)63-48-50(54)53(57)58)64-52(56)45-43-41-39-37-35-33-31-29-26-24-22-20-18-16-14-12-10-8-6-4-2/h11,13,16-19,22-25,28-31,34-37,40-43,49-50H,3-10,12,14-15,20-21,26-27,32-33,38-39,44-48,54H2,1-2H3,(H,57,58)(H,59,60)/t49-,50+/m1/s1. The number of carboxylic acids is 1. The molecule has 0 bridgehead atoms. The fourth-order valence-electron chi connectivity index (χ4n) is 5.47. The van der Waals surface area contributed by atoms with Crippen LogP contribution in [0.3, 0.4) is 0 Å². The number of hydrogen-bond donors (Lipinski definition) is 3. The van der Waals surface area contributed by atoms with E-state index in [0.29, 0.717) is 12.8 Å². The van der Waals surface area contributed by atoms with Gasteiger partial charge in [0, 0.05) is 0 Å². The maximum absolute atomic E-state index is 12.6. The Balaban J connectivity index is 4.63. The predicted molar refractivity (Wildman–Crippen MR) is 267 cm³/mol. The van der Waals surface area contributed by atoms with Crippen LogP contribution in [-0.4, -0.2) is 59.9 Å². The van der Waals surface area contributed by atoms with Crippen LogP contribution in [0, 0.1) is 0 Å². The molecule has 11 nitrogen and oxygen atoms in total. The number of allylic oxidation sites excluding steroid dienone is 20. The molecule has 0 aromatic heterocycles. The number of unbranched alkanes of at least 4 members (excludes halogenated alkanes) is 8. The van der Waals surface area contributed by atoms with Gasteiger partial charge in [-0.05, 0) is 83.5 Å². The Kier molecular flexibility index (Phi) is 43.1. The molecule has 0 aromatic rings. The lowest BCUT2D eigenvalue weighted by atomic mass is 10.1. The fraction of sp³-hybridized carbons (Fsp3) is 0.528. The zero-order valence-electron chi connectivity index (χ0n) is 39.5. The van der Waals surface area contributed by atoms with E-state index in [2.05, 4.69) is 103 Å². The van der Waals surface area contributed by atoms with Crippen molar-refractivity contribution in [2.75, 3.05) is 19.8 Å². The number of esters is 2. The molecule has 364 valence electrons. The molecule has 0 radical (unpaired) electrons. The van der Waals surface area contributed by atoms with E-state index in [-0.39, 0.29) is 12.8 Å². The lowest BCUT2D eigenvalue weighted by Crippen LogP contribution is -2.34. The predicted octanol–water partition coefficient (Wildman–Crippen LogP) is 13.3. The third-order valence-electron chi connectivity index (χ3n) is 9.19. The van der Waals surface area contributed by atoms with Gasteiger partial charge in [0.1, 0.15) is 12.6 Å². The fourth-order valence-corrected chi connectivity index (χ4v) is 6.25. The van der Waals surface area contributed by atoms with E-state index in [4.69, 9.17) is 24.8 Å². The number of ether oxygens (including phenoxy) is 2. The molecule has 0 aliphatic carbocycles. The second-order valence-electron chi connectivity index (χ2n) is 15.2. The molecule has 0 fully saturated rings. The third-order valence-corrected chi connectivity index (χ3v) is 10.1. The molecule has 0 saturated carbocycles. The topological polar surface area (TPSA) is 172 Å². The minimum absolute atomic E-state index is 0.0401. The van der Waals surface area contributed by atoms with Crippen molar-refractivity contribution in [2.45, 2.75) is 161 Å². The average molecular weight is 924 g/mol. The molecular weight excluding hydrogens is 842 g/mol. The number of phosphoric acid groups is 1. The Morgan fingerprint density at radius 1 is 0.477 bits per heavy atom. The Hall–Kier alpha value is -4.38. The first kappa shape index (κ1) is 60.6. The molecule has 0 saturated heterocycles. The van der Waals surface area contributed by atoms with E-state index in [1.54, 1.807) is 12.2 Å². The van der Waals surface area contributed by atoms with Crippen molar-refractivity contribution < 1.29 is 47.5 Å². The van der Waals surface area contributed by atoms with Crippen molar-refractivity contribution >= 4 is 25.7 Å². The highest BCUT2D eigenvalue weighted by Gasteiger charge is 2.28. The average Bonchev–Trinajstić information content (AvgIpc) is 3.28. The summed E-state index contributed by atoms with van der Waals surface area (Å²) in [7, 11) is -4.78. The number of carbonyl (C=O) groups is 3. The van der Waals surface area contributed by atoms with Crippen LogP contribution < -0.4 is 5.73 Å². The highest BCUT2D eigenvalue weighted by atomic mass is 31.2. The molecule has 4 N–H and O–H groups in total. The first-order valence-corrected chi connectivity index (χ1v) is 25.2. The van der Waals surface area contributed by atoms with Crippen LogP contribution in [0.5, 0.6) is 0 Å². The number of nitrogens with two attached hydrogens (primary N) is 1. The molecule has 0 aromatic carbocycles. The second-order valence-corrected chi connectivity index (χ2v) is 16.7. The molecule has 65 heavy (non-hydrogen) atoms. The monoisotopic (exact) mass is 924 g/mol. The van der Waals surface area contributed by atoms with Gasteiger partial charge in [-0.3, -0.25) is 23.4 Å². The first-order valence-electron chi connectivity index (χ1n) is 23.7. The van der Waals surface area contributed by atoms with Crippen molar-refractivity contribution in [3.63, 3.8) is 0 Å². The summed E-state index contributed by atoms with van der Waals surface area (Å²) in [5.41, 5.74) is 5.33. The Labute approximate surface area is 392 Å². The van der Waals surface area contributed by atoms with E-state index in [0.717, 1.165) is 51.4 Å². The molecule has 0 heterocycles. The zero-order chi connectivity index (χ0) is 47.7. The van der Waals surface area contributed by atoms with Gasteiger partial charge in [-0.2, -0.15) is 0 Å². The smallest absolute Gasteiger partial charge is 0.472 e. The van der Waals surface area contributed by atoms with Crippen molar-refractivity contribution in [3.05, 3.63) is 134 Å². The van der Waals surface area contributed by atoms with E-state index in [1.165, 1.54) is 57.8 Å². The van der Waals surface area contributed by atoms with Crippen molar-refractivity contribution in [1.29, 1.82) is 0 Å². The van der Waals surface area contributed by atoms with Gasteiger partial charge < -0.3 is 25.2 Å². The van der Waals surface area contributed by atoms with Crippen LogP contribution in [0.25, 0.3) is 0 Å². The van der Waals surface area contributed by atoms with Gasteiger partial charge in [0.05, 0.1) is 26.1 Å². The number of phosphoric ester groups is 1. The number of carbonyl (C=O) groups excluding carboxylic acids is 2. The van der Waals surface area contributed by atoms with Gasteiger partial charge in [-0.25, -0.2) is 4.57 Å². The summed E-state index contributed by atoms with van der Waals surface area (Å²) in [6.07, 6.45) is 64.3. The van der Waals surface area contributed by atoms with E-state index in [1.807, 2.05) is 36.5 Å². The van der Waals surface area contributed by atoms with Crippen molar-refractivity contribution in [2.24, 2.45) is 5.73 Å². The van der Waals surface area contributed by atoms with Crippen LogP contribution >= 0.6 is 7.82 Å². The van der Waals surface area contributed by atoms with Gasteiger partial charge in [-0.1, -0.05) is 186 Å². The van der Waals surface area contributed by atoms with Gasteiger partial charge in [0.15, 0.2) is 6.10 Å². The molecule has 0 spiro atoms. The zero-order valence-corrected chi connectivity index (χ0v) is 40.4. The van der Waals surface area contributed by atoms with Crippen molar-refractivity contribution in [3.8, 4) is 0 Å². The van der Waals surface area contributed by atoms with Gasteiger partial charge in [-0.15, -0.1) is 0 Å². The summed E-state index contributed by atoms with van der Waals surface area (Å²) in [5.74, 6) is -2.71. The summed E-state index contributed by atoms with van der Waals surface area (Å²) < 4.78 is 32.5. The Bertz CT molecular complexity index is 1600. The van der Waals surface area contributed by atoms with Crippen LogP contribution in [-0.2, 0) is 37.5 Å². The minimum atomic E-state index is -4.78. The maximum atomic E-state index is 12.6. The van der Waals surface area contributed by atoms with Crippen LogP contribution in [0.4, 0.5) is 0 Å². The van der Waals surface area contributed by atoms with Crippen LogP contribution in [0.15, 0.2) is 134 Å². The molecule has 0 aliphatic heterocycles. The Morgan fingerprint density at radius 3 is 1.23 bits per heavy atom. The molecule has 0 aliphatic rings. The summed E-state index contributed by atoms with van der Waals surface area (Å²) in [5, 5.41) is 8.90. The number of rotatable bonds is 42. The summed E-state index contributed by atoms with van der Waals surface area (Å²) in [6.45, 7) is 2.55. The lowest BCUT2D eigenvalue weighted by Gasteiger charge is -2.20. The molecule has 3 atom stereocenters. The lowest BCUT2D eigenvalue weighted by molar-refractivity contribution is -0.160. The van der Waals surface area contributed by atoms with Gasteiger partial charge >= 0.3 is 25.7 Å². The SMILES string of the molecule is CCCCCC=CCC=CCC=CCC=CCC=CCC=CCC(=O)OC[C@H](COP(=O)(O)OC[C@H](N)C(=O)O)OC(=O)CC=CCC=CCC=CCC=CCC=CCCCCCCC. The van der Waals surface area contributed by atoms with Gasteiger partial charge in [0.25, 0.3) is 0 Å². The summed E-state index contributed by atoms with van der Waals surface area (Å²) >= 11 is 0. The molecule has 1 unspecified atom stereocenters. The highest BCUT2D eigenvalue weighted by molar-refractivity contribution is 7.47. The summed E-state index contributed by atoms with van der Waals surface area (Å²) in [4.78, 5) is 45.9. The number of carboxylic acid groups (broad SMARTS) is 1. The van der Waals surface area contributed by atoms with E-state index < -0.39 is 57.7 Å². The molecular formula is C53H82NO10P. The number of aliphatic carboxylic acids is 1. The first-order chi connectivity index (χ1) is 31.6. The minimum Gasteiger partial charge on any atom is -0.480 e. The summed E-state index contributed by atoms with van der Waals surface area (Å²) in [6, 6.07) is -1.56.